The molecule has 0 spiro atoms. The van der Waals surface area contributed by atoms with Crippen LogP contribution in [0.15, 0.2) is 41.3 Å². The number of rotatable bonds is 10. The number of carbonyl (C=O) groups is 1. The summed E-state index contributed by atoms with van der Waals surface area (Å²) in [5.74, 6) is -0.467. The van der Waals surface area contributed by atoms with E-state index in [4.69, 9.17) is 37.3 Å². The zero-order valence-electron chi connectivity index (χ0n) is 20.7. The smallest absolute Gasteiger partial charge is 0.459 e. The van der Waals surface area contributed by atoms with Gasteiger partial charge in [-0.05, 0) is 39.8 Å². The fourth-order valence-corrected chi connectivity index (χ4v) is 5.16. The van der Waals surface area contributed by atoms with Crippen LogP contribution in [0.5, 0.6) is 5.75 Å². The number of carbonyl (C=O) groups excluding carboxylic acids is 1. The van der Waals surface area contributed by atoms with Crippen LogP contribution in [0, 0.1) is 18.1 Å². The molecule has 1 aliphatic rings. The van der Waals surface area contributed by atoms with Crippen LogP contribution in [0.2, 0.25) is 0 Å². The van der Waals surface area contributed by atoms with Crippen molar-refractivity contribution >= 4 is 25.9 Å². The molecule has 200 valence electrons. The lowest BCUT2D eigenvalue weighted by Gasteiger charge is -2.24. The molecule has 0 bridgehead atoms. The molecule has 1 aliphatic heterocycles. The summed E-state index contributed by atoms with van der Waals surface area (Å²) in [5, 5.41) is 13.3. The molecule has 6 atom stereocenters. The fraction of sp³-hybridized carbons (Fsp3) is 0.478. The molecule has 1 unspecified atom stereocenters. The number of hydrogen-bond donors (Lipinski definition) is 3. The number of para-hydroxylation sites is 1. The van der Waals surface area contributed by atoms with Gasteiger partial charge in [-0.25, -0.2) is 15.9 Å². The normalized spacial score (nSPS) is 23.7. The van der Waals surface area contributed by atoms with Crippen molar-refractivity contribution in [3.63, 3.8) is 0 Å². The number of aryl methyl sites for hydroxylation is 1. The van der Waals surface area contributed by atoms with Gasteiger partial charge < -0.3 is 23.9 Å². The SMILES string of the molecule is [C-]#[N+][C@@H]1C(O)[C@H](CO[P@@](=O)(N[C@@H](C)C(=O)OC(C)C)Oc2ccccc2)O[C@@H]1n1cc(C)c(=S)[nH]c1=O. The molecule has 1 aromatic heterocycles. The van der Waals surface area contributed by atoms with Gasteiger partial charge >= 0.3 is 19.4 Å². The Bertz CT molecular complexity index is 1310. The summed E-state index contributed by atoms with van der Waals surface area (Å²) in [6, 6.07) is 5.94. The zero-order valence-corrected chi connectivity index (χ0v) is 22.4. The van der Waals surface area contributed by atoms with E-state index in [0.29, 0.717) is 5.56 Å². The molecule has 0 aliphatic carbocycles. The summed E-state index contributed by atoms with van der Waals surface area (Å²) >= 11 is 5.07. The topological polar surface area (TPSA) is 145 Å². The van der Waals surface area contributed by atoms with Gasteiger partial charge in [0, 0.05) is 11.8 Å². The highest BCUT2D eigenvalue weighted by molar-refractivity contribution is 7.71. The molecule has 3 N–H and O–H groups in total. The van der Waals surface area contributed by atoms with E-state index in [1.807, 2.05) is 0 Å². The van der Waals surface area contributed by atoms with E-state index >= 15 is 0 Å². The first-order chi connectivity index (χ1) is 17.4. The number of aliphatic hydroxyl groups is 1. The van der Waals surface area contributed by atoms with Crippen molar-refractivity contribution in [2.45, 2.75) is 64.3 Å². The average molecular weight is 553 g/mol. The van der Waals surface area contributed by atoms with Crippen molar-refractivity contribution in [3.05, 3.63) is 68.6 Å². The lowest BCUT2D eigenvalue weighted by Crippen LogP contribution is -2.37. The first-order valence-corrected chi connectivity index (χ1v) is 13.4. The minimum Gasteiger partial charge on any atom is -0.462 e. The second-order valence-corrected chi connectivity index (χ2v) is 10.8. The fourth-order valence-electron chi connectivity index (χ4n) is 3.52. The lowest BCUT2D eigenvalue weighted by molar-refractivity contribution is -0.149. The van der Waals surface area contributed by atoms with Crippen LogP contribution < -0.4 is 15.3 Å². The second kappa shape index (κ2) is 12.1. The highest BCUT2D eigenvalue weighted by atomic mass is 32.1. The number of aromatic nitrogens is 2. The highest BCUT2D eigenvalue weighted by Gasteiger charge is 2.51. The molecule has 0 radical (unpaired) electrons. The Morgan fingerprint density at radius 3 is 2.65 bits per heavy atom. The van der Waals surface area contributed by atoms with Crippen LogP contribution in [-0.4, -0.2) is 57.6 Å². The number of esters is 1. The quantitative estimate of drug-likeness (QED) is 0.174. The van der Waals surface area contributed by atoms with E-state index in [-0.39, 0.29) is 10.4 Å². The van der Waals surface area contributed by atoms with Crippen molar-refractivity contribution in [3.8, 4) is 5.75 Å². The number of aromatic amines is 1. The van der Waals surface area contributed by atoms with Crippen LogP contribution in [0.3, 0.4) is 0 Å². The van der Waals surface area contributed by atoms with E-state index in [1.54, 1.807) is 51.1 Å². The Kier molecular flexibility index (Phi) is 9.41. The van der Waals surface area contributed by atoms with Crippen molar-refractivity contribution in [2.75, 3.05) is 6.61 Å². The van der Waals surface area contributed by atoms with Crippen LogP contribution in [0.1, 0.15) is 32.6 Å². The summed E-state index contributed by atoms with van der Waals surface area (Å²) in [5.41, 5.74) is -0.0383. The Morgan fingerprint density at radius 2 is 2.03 bits per heavy atom. The lowest BCUT2D eigenvalue weighted by atomic mass is 10.1. The van der Waals surface area contributed by atoms with Crippen LogP contribution in [-0.2, 0) is 23.4 Å². The molecule has 2 heterocycles. The summed E-state index contributed by atoms with van der Waals surface area (Å²) in [7, 11) is -4.23. The largest absolute Gasteiger partial charge is 0.462 e. The molecule has 1 saturated heterocycles. The molecule has 12 nitrogen and oxygen atoms in total. The van der Waals surface area contributed by atoms with Crippen LogP contribution >= 0.6 is 20.0 Å². The van der Waals surface area contributed by atoms with Gasteiger partial charge in [-0.15, -0.1) is 0 Å². The molecule has 1 fully saturated rings. The van der Waals surface area contributed by atoms with Crippen molar-refractivity contribution in [1.29, 1.82) is 0 Å². The van der Waals surface area contributed by atoms with Gasteiger partial charge in [-0.3, -0.25) is 18.9 Å². The minimum atomic E-state index is -4.23. The van der Waals surface area contributed by atoms with E-state index in [9.17, 15) is 19.3 Å². The van der Waals surface area contributed by atoms with Crippen LogP contribution in [0.4, 0.5) is 0 Å². The third-order valence-corrected chi connectivity index (χ3v) is 7.41. The number of H-pyrrole nitrogens is 1. The number of hydrogen-bond acceptors (Lipinski definition) is 9. The van der Waals surface area contributed by atoms with Crippen molar-refractivity contribution < 1.29 is 33.0 Å². The van der Waals surface area contributed by atoms with E-state index < -0.39 is 62.6 Å². The molecular weight excluding hydrogens is 523 g/mol. The maximum atomic E-state index is 13.7. The van der Waals surface area contributed by atoms with Gasteiger partial charge in [0.25, 0.3) is 6.04 Å². The maximum absolute atomic E-state index is 13.7. The third-order valence-electron chi connectivity index (χ3n) is 5.34. The van der Waals surface area contributed by atoms with E-state index in [1.165, 1.54) is 13.1 Å². The molecular formula is C23H29N4O8PS. The van der Waals surface area contributed by atoms with E-state index in [0.717, 1.165) is 4.57 Å². The predicted molar refractivity (Wildman–Crippen MR) is 135 cm³/mol. The number of ether oxygens (including phenoxy) is 2. The number of benzene rings is 1. The van der Waals surface area contributed by atoms with Crippen LogP contribution in [0.25, 0.3) is 4.85 Å². The first-order valence-electron chi connectivity index (χ1n) is 11.4. The Labute approximate surface area is 218 Å². The highest BCUT2D eigenvalue weighted by Crippen LogP contribution is 2.46. The first kappa shape index (κ1) is 28.7. The summed E-state index contributed by atoms with van der Waals surface area (Å²) in [6.45, 7) is 13.5. The third kappa shape index (κ3) is 7.13. The molecule has 37 heavy (non-hydrogen) atoms. The number of nitrogens with zero attached hydrogens (tertiary/aromatic N) is 2. The maximum Gasteiger partial charge on any atom is 0.459 e. The minimum absolute atomic E-state index is 0.203. The van der Waals surface area contributed by atoms with Gasteiger partial charge in [0.05, 0.1) is 12.7 Å². The molecule has 2 aromatic rings. The van der Waals surface area contributed by atoms with Gasteiger partial charge in [-0.1, -0.05) is 30.4 Å². The molecule has 0 saturated carbocycles. The van der Waals surface area contributed by atoms with Gasteiger partial charge in [0.2, 0.25) is 6.23 Å². The Morgan fingerprint density at radius 1 is 1.35 bits per heavy atom. The molecule has 0 amide bonds. The summed E-state index contributed by atoms with van der Waals surface area (Å²) in [6.07, 6.45) is -2.64. The number of aliphatic hydroxyl groups excluding tert-OH is 1. The predicted octanol–water partition coefficient (Wildman–Crippen LogP) is 2.89. The zero-order chi connectivity index (χ0) is 27.3. The van der Waals surface area contributed by atoms with Gasteiger partial charge in [0.15, 0.2) is 6.10 Å². The standard InChI is InChI=1S/C23H29N4O8PS/c1-13(2)33-22(29)15(4)26-36(31,35-16-9-7-6-8-10-16)32-12-17-19(28)18(24-5)21(34-17)27-11-14(3)20(37)25-23(27)30/h6-11,13,15,17-19,21,28H,12H2,1-4H3,(H,26,31)(H,25,30,37)/t15-,17-,18+,19?,21-,36-/m0/s1. The second-order valence-electron chi connectivity index (χ2n) is 8.69. The summed E-state index contributed by atoms with van der Waals surface area (Å²) in [4.78, 5) is 30.7. The number of nitrogens with one attached hydrogen (secondary N) is 2. The molecule has 14 heteroatoms. The van der Waals surface area contributed by atoms with Gasteiger partial charge in [0.1, 0.15) is 22.5 Å². The van der Waals surface area contributed by atoms with Crippen molar-refractivity contribution in [2.24, 2.45) is 0 Å². The Hall–Kier alpha value is -2.85. The van der Waals surface area contributed by atoms with Crippen molar-refractivity contribution in [1.82, 2.24) is 14.6 Å². The Balaban J connectivity index is 1.81. The van der Waals surface area contributed by atoms with E-state index in [2.05, 4.69) is 14.9 Å². The molecule has 3 rings (SSSR count). The summed E-state index contributed by atoms with van der Waals surface area (Å²) < 4.78 is 37.2. The van der Waals surface area contributed by atoms with Gasteiger partial charge in [-0.2, -0.15) is 5.09 Å². The average Bonchev–Trinajstić information content (AvgIpc) is 3.15. The molecule has 1 aromatic carbocycles. The monoisotopic (exact) mass is 552 g/mol.